The number of carboxylic acid groups (broad SMARTS) is 1. The number of nitrogens with zero attached hydrogens (tertiary/aromatic N) is 3. The molecule has 1 unspecified atom stereocenters. The fourth-order valence-electron chi connectivity index (χ4n) is 2.95. The van der Waals surface area contributed by atoms with Gasteiger partial charge in [0, 0.05) is 32.7 Å². The van der Waals surface area contributed by atoms with Crippen molar-refractivity contribution in [2.45, 2.75) is 31.7 Å². The Morgan fingerprint density at radius 2 is 2.00 bits per heavy atom. The van der Waals surface area contributed by atoms with Crippen LogP contribution in [0.5, 0.6) is 0 Å². The van der Waals surface area contributed by atoms with E-state index in [1.807, 2.05) is 0 Å². The molecule has 7 nitrogen and oxygen atoms in total. The van der Waals surface area contributed by atoms with Gasteiger partial charge in [-0.2, -0.15) is 17.0 Å². The summed E-state index contributed by atoms with van der Waals surface area (Å²) in [7, 11) is -2.09. The minimum absolute atomic E-state index is 0.0164. The van der Waals surface area contributed by atoms with Gasteiger partial charge in [0.05, 0.1) is 6.42 Å². The maximum absolute atomic E-state index is 12.5. The number of fused-ring (bicyclic) bond motifs is 1. The lowest BCUT2D eigenvalue weighted by atomic mass is 10.2. The third-order valence-corrected chi connectivity index (χ3v) is 6.08. The average molecular weight is 305 g/mol. The Labute approximate surface area is 120 Å². The lowest BCUT2D eigenvalue weighted by Crippen LogP contribution is -2.46. The summed E-state index contributed by atoms with van der Waals surface area (Å²) in [5.41, 5.74) is 0. The molecule has 116 valence electrons. The molecule has 0 saturated carbocycles. The molecule has 8 heteroatoms. The van der Waals surface area contributed by atoms with Crippen LogP contribution in [0, 0.1) is 0 Å². The topological polar surface area (TPSA) is 81.2 Å². The highest BCUT2D eigenvalue weighted by molar-refractivity contribution is 7.86. The molecule has 2 heterocycles. The molecule has 0 radical (unpaired) electrons. The maximum Gasteiger partial charge on any atom is 0.304 e. The Morgan fingerprint density at radius 3 is 2.70 bits per heavy atom. The molecule has 20 heavy (non-hydrogen) atoms. The number of carboxylic acids is 1. The molecule has 1 N–H and O–H groups in total. The molecular weight excluding hydrogens is 282 g/mol. The number of carbonyl (C=O) groups is 1. The van der Waals surface area contributed by atoms with Crippen LogP contribution >= 0.6 is 0 Å². The van der Waals surface area contributed by atoms with Gasteiger partial charge < -0.3 is 5.11 Å². The van der Waals surface area contributed by atoms with Crippen LogP contribution in [0.25, 0.3) is 0 Å². The van der Waals surface area contributed by atoms with E-state index in [1.54, 1.807) is 0 Å². The van der Waals surface area contributed by atoms with Gasteiger partial charge in [0.1, 0.15) is 0 Å². The summed E-state index contributed by atoms with van der Waals surface area (Å²) in [5.74, 6) is -0.982. The highest BCUT2D eigenvalue weighted by atomic mass is 32.2. The largest absolute Gasteiger partial charge is 0.481 e. The van der Waals surface area contributed by atoms with Crippen LogP contribution < -0.4 is 0 Å². The third-order valence-electron chi connectivity index (χ3n) is 4.13. The van der Waals surface area contributed by atoms with E-state index >= 15 is 0 Å². The summed E-state index contributed by atoms with van der Waals surface area (Å²) in [6.07, 6.45) is 2.85. The number of aliphatic carboxylic acids is 1. The molecule has 0 aromatic heterocycles. The van der Waals surface area contributed by atoms with Crippen molar-refractivity contribution in [2.24, 2.45) is 0 Å². The van der Waals surface area contributed by atoms with Crippen LogP contribution in [0.3, 0.4) is 0 Å². The Balaban J connectivity index is 2.02. The van der Waals surface area contributed by atoms with E-state index < -0.39 is 16.2 Å². The Hall–Kier alpha value is -0.700. The van der Waals surface area contributed by atoms with Crippen LogP contribution in [-0.2, 0) is 15.0 Å². The van der Waals surface area contributed by atoms with Crippen LogP contribution in [0.2, 0.25) is 0 Å². The first-order chi connectivity index (χ1) is 9.41. The molecule has 2 aliphatic heterocycles. The first kappa shape index (κ1) is 15.7. The van der Waals surface area contributed by atoms with E-state index in [2.05, 4.69) is 4.90 Å². The lowest BCUT2D eigenvalue weighted by Gasteiger charge is -2.28. The summed E-state index contributed by atoms with van der Waals surface area (Å²) in [6.45, 7) is 3.08. The highest BCUT2D eigenvalue weighted by Crippen LogP contribution is 2.23. The Kier molecular flexibility index (Phi) is 5.00. The van der Waals surface area contributed by atoms with E-state index in [9.17, 15) is 13.2 Å². The van der Waals surface area contributed by atoms with Crippen molar-refractivity contribution in [1.29, 1.82) is 0 Å². The van der Waals surface area contributed by atoms with Gasteiger partial charge in [-0.25, -0.2) is 0 Å². The zero-order chi connectivity index (χ0) is 14.8. The summed E-state index contributed by atoms with van der Waals surface area (Å²) in [5, 5.41) is 8.66. The predicted molar refractivity (Wildman–Crippen MR) is 74.6 cm³/mol. The average Bonchev–Trinajstić information content (AvgIpc) is 2.72. The number of hydrogen-bond donors (Lipinski definition) is 1. The van der Waals surface area contributed by atoms with Gasteiger partial charge in [0.2, 0.25) is 0 Å². The minimum Gasteiger partial charge on any atom is -0.481 e. The van der Waals surface area contributed by atoms with Crippen LogP contribution in [0.4, 0.5) is 0 Å². The van der Waals surface area contributed by atoms with Crippen molar-refractivity contribution >= 4 is 16.2 Å². The van der Waals surface area contributed by atoms with E-state index in [0.717, 1.165) is 36.7 Å². The molecule has 2 fully saturated rings. The summed E-state index contributed by atoms with van der Waals surface area (Å²) >= 11 is 0. The molecule has 2 rings (SSSR count). The van der Waals surface area contributed by atoms with E-state index in [4.69, 9.17) is 5.11 Å². The second kappa shape index (κ2) is 6.38. The summed E-state index contributed by atoms with van der Waals surface area (Å²) < 4.78 is 27.6. The molecule has 0 aromatic rings. The molecule has 0 spiro atoms. The minimum atomic E-state index is -3.54. The normalized spacial score (nSPS) is 25.6. The fourth-order valence-corrected chi connectivity index (χ4v) is 4.38. The first-order valence-electron chi connectivity index (χ1n) is 7.08. The molecule has 2 aliphatic rings. The molecule has 0 aliphatic carbocycles. The zero-order valence-corrected chi connectivity index (χ0v) is 12.7. The van der Waals surface area contributed by atoms with Gasteiger partial charge >= 0.3 is 5.97 Å². The highest BCUT2D eigenvalue weighted by Gasteiger charge is 2.35. The molecule has 2 saturated heterocycles. The second-order valence-electron chi connectivity index (χ2n) is 5.52. The van der Waals surface area contributed by atoms with Crippen molar-refractivity contribution in [3.63, 3.8) is 0 Å². The fraction of sp³-hybridized carbons (Fsp3) is 0.917. The van der Waals surface area contributed by atoms with Crippen molar-refractivity contribution in [3.8, 4) is 0 Å². The molecular formula is C12H23N3O4S. The summed E-state index contributed by atoms with van der Waals surface area (Å²) in [6, 6.07) is 0.320. The van der Waals surface area contributed by atoms with Crippen molar-refractivity contribution in [1.82, 2.24) is 13.5 Å². The Morgan fingerprint density at radius 1 is 1.30 bits per heavy atom. The second-order valence-corrected chi connectivity index (χ2v) is 7.55. The molecule has 1 atom stereocenters. The van der Waals surface area contributed by atoms with Crippen LogP contribution in [-0.4, -0.2) is 78.8 Å². The molecule has 0 amide bonds. The molecule has 0 aromatic carbocycles. The van der Waals surface area contributed by atoms with Gasteiger partial charge in [-0.3, -0.25) is 9.69 Å². The van der Waals surface area contributed by atoms with Crippen LogP contribution in [0.15, 0.2) is 0 Å². The predicted octanol–water partition coefficient (Wildman–Crippen LogP) is -0.192. The van der Waals surface area contributed by atoms with Gasteiger partial charge in [0.25, 0.3) is 10.2 Å². The summed E-state index contributed by atoms with van der Waals surface area (Å²) in [4.78, 5) is 12.9. The van der Waals surface area contributed by atoms with Gasteiger partial charge in [-0.1, -0.05) is 0 Å². The van der Waals surface area contributed by atoms with Crippen molar-refractivity contribution < 1.29 is 18.3 Å². The van der Waals surface area contributed by atoms with Crippen molar-refractivity contribution in [3.05, 3.63) is 0 Å². The SMILES string of the molecule is CN(CCC(=O)O)S(=O)(=O)N1CCCN2CCCC2C1. The number of hydrogen-bond acceptors (Lipinski definition) is 4. The van der Waals surface area contributed by atoms with E-state index in [1.165, 1.54) is 11.4 Å². The molecule has 0 bridgehead atoms. The number of rotatable bonds is 5. The smallest absolute Gasteiger partial charge is 0.304 e. The first-order valence-corrected chi connectivity index (χ1v) is 8.48. The van der Waals surface area contributed by atoms with Gasteiger partial charge in [0.15, 0.2) is 0 Å². The lowest BCUT2D eigenvalue weighted by molar-refractivity contribution is -0.137. The van der Waals surface area contributed by atoms with E-state index in [-0.39, 0.29) is 13.0 Å². The monoisotopic (exact) mass is 305 g/mol. The van der Waals surface area contributed by atoms with Crippen LogP contribution in [0.1, 0.15) is 25.7 Å². The van der Waals surface area contributed by atoms with E-state index in [0.29, 0.717) is 19.1 Å². The quantitative estimate of drug-likeness (QED) is 0.761. The Bertz CT molecular complexity index is 454. The standard InChI is InChI=1S/C12H23N3O4S/c1-13(9-5-12(16)17)20(18,19)15-8-3-7-14-6-2-4-11(14)10-15/h11H,2-10H2,1H3,(H,16,17). The van der Waals surface area contributed by atoms with Gasteiger partial charge in [-0.05, 0) is 32.4 Å². The van der Waals surface area contributed by atoms with Gasteiger partial charge in [-0.15, -0.1) is 0 Å². The zero-order valence-electron chi connectivity index (χ0n) is 11.9. The third kappa shape index (κ3) is 3.49. The van der Waals surface area contributed by atoms with Crippen molar-refractivity contribution in [2.75, 3.05) is 39.8 Å². The maximum atomic E-state index is 12.5.